The van der Waals surface area contributed by atoms with Crippen molar-refractivity contribution in [3.8, 4) is 5.75 Å². The van der Waals surface area contributed by atoms with E-state index in [2.05, 4.69) is 42.6 Å². The van der Waals surface area contributed by atoms with Crippen molar-refractivity contribution in [3.05, 3.63) is 106 Å². The normalized spacial score (nSPS) is 18.6. The first-order chi connectivity index (χ1) is 16.1. The molecule has 33 heavy (non-hydrogen) atoms. The Hall–Kier alpha value is -3.22. The number of thioether (sulfide) groups is 1. The molecule has 0 aliphatic carbocycles. The second-order valence-electron chi connectivity index (χ2n) is 8.15. The number of anilines is 1. The summed E-state index contributed by atoms with van der Waals surface area (Å²) in [6, 6.07) is 24.3. The van der Waals surface area contributed by atoms with Crippen LogP contribution in [0, 0.1) is 6.92 Å². The Bertz CT molecular complexity index is 1400. The van der Waals surface area contributed by atoms with Crippen LogP contribution in [0.4, 0.5) is 5.95 Å². The maximum atomic E-state index is 6.70. The van der Waals surface area contributed by atoms with Crippen LogP contribution in [-0.4, -0.2) is 21.0 Å². The second kappa shape index (κ2) is 7.97. The van der Waals surface area contributed by atoms with E-state index in [-0.39, 0.29) is 12.1 Å². The molecule has 0 unspecified atom stereocenters. The lowest BCUT2D eigenvalue weighted by atomic mass is 9.84. The summed E-state index contributed by atoms with van der Waals surface area (Å²) in [6.45, 7) is 2.09. The zero-order valence-electron chi connectivity index (χ0n) is 18.1. The molecule has 0 saturated carbocycles. The number of halogens is 1. The van der Waals surface area contributed by atoms with Crippen LogP contribution < -0.4 is 10.1 Å². The van der Waals surface area contributed by atoms with Crippen LogP contribution in [0.1, 0.15) is 34.4 Å². The number of aromatic nitrogens is 3. The van der Waals surface area contributed by atoms with Gasteiger partial charge in [-0.15, -0.1) is 5.10 Å². The van der Waals surface area contributed by atoms with Gasteiger partial charge in [0.25, 0.3) is 0 Å². The minimum Gasteiger partial charge on any atom is -0.480 e. The van der Waals surface area contributed by atoms with Crippen molar-refractivity contribution in [2.45, 2.75) is 24.2 Å². The van der Waals surface area contributed by atoms with Crippen LogP contribution in [0.25, 0.3) is 5.70 Å². The summed E-state index contributed by atoms with van der Waals surface area (Å²) >= 11 is 8.22. The van der Waals surface area contributed by atoms with Gasteiger partial charge in [0, 0.05) is 21.7 Å². The topological polar surface area (TPSA) is 52.0 Å². The number of ether oxygens (including phenoxy) is 1. The van der Waals surface area contributed by atoms with Crippen LogP contribution in [0.15, 0.2) is 83.5 Å². The van der Waals surface area contributed by atoms with Gasteiger partial charge in [0.05, 0.1) is 5.70 Å². The molecule has 0 fully saturated rings. The molecule has 1 aromatic heterocycles. The van der Waals surface area contributed by atoms with Gasteiger partial charge < -0.3 is 10.1 Å². The third-order valence-corrected chi connectivity index (χ3v) is 7.01. The zero-order valence-corrected chi connectivity index (χ0v) is 19.7. The summed E-state index contributed by atoms with van der Waals surface area (Å²) in [6.07, 6.45) is 1.61. The molecule has 0 amide bonds. The molecule has 0 bridgehead atoms. The molecule has 3 aromatic carbocycles. The van der Waals surface area contributed by atoms with Crippen LogP contribution in [0.5, 0.6) is 5.75 Å². The van der Waals surface area contributed by atoms with Crippen LogP contribution in [0.2, 0.25) is 5.02 Å². The SMILES string of the molecule is CSc1nc2n(n1)[C@@H](c1ccc(C)cc1)C1=C(N2)c2ccccc2O[C@H]1c1ccccc1Cl. The van der Waals surface area contributed by atoms with Gasteiger partial charge in [-0.3, -0.25) is 0 Å². The number of benzene rings is 3. The van der Waals surface area contributed by atoms with E-state index in [9.17, 15) is 0 Å². The molecule has 0 radical (unpaired) electrons. The number of nitrogens with zero attached hydrogens (tertiary/aromatic N) is 3. The van der Waals surface area contributed by atoms with E-state index in [1.807, 2.05) is 53.4 Å². The predicted octanol–water partition coefficient (Wildman–Crippen LogP) is 6.52. The van der Waals surface area contributed by atoms with Gasteiger partial charge in [-0.2, -0.15) is 4.98 Å². The van der Waals surface area contributed by atoms with E-state index >= 15 is 0 Å². The Morgan fingerprint density at radius 2 is 1.76 bits per heavy atom. The van der Waals surface area contributed by atoms with E-state index in [0.29, 0.717) is 5.02 Å². The zero-order chi connectivity index (χ0) is 22.5. The molecule has 4 aromatic rings. The molecule has 7 heteroatoms. The third kappa shape index (κ3) is 3.33. The van der Waals surface area contributed by atoms with Crippen molar-refractivity contribution in [1.82, 2.24) is 14.8 Å². The predicted molar refractivity (Wildman–Crippen MR) is 133 cm³/mol. The molecular formula is C26H21ClN4OS. The summed E-state index contributed by atoms with van der Waals surface area (Å²) in [5.41, 5.74) is 6.32. The number of rotatable bonds is 3. The lowest BCUT2D eigenvalue weighted by Crippen LogP contribution is -2.32. The molecule has 3 heterocycles. The van der Waals surface area contributed by atoms with E-state index in [1.54, 1.807) is 0 Å². The quantitative estimate of drug-likeness (QED) is 0.344. The van der Waals surface area contributed by atoms with Gasteiger partial charge in [-0.25, -0.2) is 4.68 Å². The molecule has 164 valence electrons. The van der Waals surface area contributed by atoms with Crippen molar-refractivity contribution in [2.75, 3.05) is 11.6 Å². The molecule has 1 N–H and O–H groups in total. The minimum absolute atomic E-state index is 0.195. The first kappa shape index (κ1) is 20.4. The molecule has 2 atom stereocenters. The van der Waals surface area contributed by atoms with E-state index in [1.165, 1.54) is 17.3 Å². The van der Waals surface area contributed by atoms with Gasteiger partial charge in [0.15, 0.2) is 6.10 Å². The highest BCUT2D eigenvalue weighted by atomic mass is 35.5. The van der Waals surface area contributed by atoms with Crippen molar-refractivity contribution in [1.29, 1.82) is 0 Å². The lowest BCUT2D eigenvalue weighted by molar-refractivity contribution is 0.223. The van der Waals surface area contributed by atoms with Gasteiger partial charge in [0.1, 0.15) is 11.8 Å². The Morgan fingerprint density at radius 1 is 1.00 bits per heavy atom. The van der Waals surface area contributed by atoms with Crippen LogP contribution in [-0.2, 0) is 0 Å². The maximum absolute atomic E-state index is 6.70. The van der Waals surface area contributed by atoms with E-state index < -0.39 is 0 Å². The summed E-state index contributed by atoms with van der Waals surface area (Å²) in [4.78, 5) is 4.74. The highest BCUT2D eigenvalue weighted by Gasteiger charge is 2.41. The maximum Gasteiger partial charge on any atom is 0.227 e. The summed E-state index contributed by atoms with van der Waals surface area (Å²) in [5.74, 6) is 1.53. The first-order valence-electron chi connectivity index (χ1n) is 10.7. The Labute approximate surface area is 201 Å². The van der Waals surface area contributed by atoms with E-state index in [0.717, 1.165) is 44.8 Å². The number of fused-ring (bicyclic) bond motifs is 3. The van der Waals surface area contributed by atoms with Gasteiger partial charge in [0.2, 0.25) is 11.1 Å². The Morgan fingerprint density at radius 3 is 2.55 bits per heavy atom. The third-order valence-electron chi connectivity index (χ3n) is 6.12. The van der Waals surface area contributed by atoms with Crippen molar-refractivity contribution in [2.24, 2.45) is 0 Å². The number of hydrogen-bond donors (Lipinski definition) is 1. The Kier molecular flexibility index (Phi) is 4.93. The number of para-hydroxylation sites is 1. The number of hydrogen-bond acceptors (Lipinski definition) is 5. The standard InChI is InChI=1S/C26H21ClN4OS/c1-15-11-13-16(14-12-15)23-21-22(28-25-29-26(33-2)30-31(23)25)18-8-4-6-10-20(18)32-24(21)17-7-3-5-9-19(17)27/h3-14,23-24H,1-2H3,(H,28,29,30)/t23-,24-/m0/s1. The molecule has 0 spiro atoms. The van der Waals surface area contributed by atoms with Gasteiger partial charge in [-0.1, -0.05) is 83.5 Å². The van der Waals surface area contributed by atoms with Crippen molar-refractivity contribution >= 4 is 35.0 Å². The van der Waals surface area contributed by atoms with Gasteiger partial charge in [-0.05, 0) is 36.9 Å². The molecule has 6 rings (SSSR count). The first-order valence-corrected chi connectivity index (χ1v) is 12.3. The van der Waals surface area contributed by atoms with E-state index in [4.69, 9.17) is 26.4 Å². The fourth-order valence-corrected chi connectivity index (χ4v) is 5.14. The van der Waals surface area contributed by atoms with Gasteiger partial charge >= 0.3 is 0 Å². The second-order valence-corrected chi connectivity index (χ2v) is 9.33. The largest absolute Gasteiger partial charge is 0.480 e. The molecular weight excluding hydrogens is 452 g/mol. The monoisotopic (exact) mass is 472 g/mol. The van der Waals surface area contributed by atoms with Crippen molar-refractivity contribution < 1.29 is 4.74 Å². The summed E-state index contributed by atoms with van der Waals surface area (Å²) < 4.78 is 8.61. The van der Waals surface area contributed by atoms with Crippen molar-refractivity contribution in [3.63, 3.8) is 0 Å². The fourth-order valence-electron chi connectivity index (χ4n) is 4.56. The smallest absolute Gasteiger partial charge is 0.227 e. The Balaban J connectivity index is 1.65. The average molecular weight is 473 g/mol. The molecule has 0 saturated heterocycles. The highest BCUT2D eigenvalue weighted by Crippen LogP contribution is 2.51. The lowest BCUT2D eigenvalue weighted by Gasteiger charge is -2.39. The van der Waals surface area contributed by atoms with Crippen LogP contribution >= 0.6 is 23.4 Å². The minimum atomic E-state index is -0.377. The average Bonchev–Trinajstić information content (AvgIpc) is 3.26. The van der Waals surface area contributed by atoms with Crippen LogP contribution in [0.3, 0.4) is 0 Å². The fraction of sp³-hybridized carbons (Fsp3) is 0.154. The summed E-state index contributed by atoms with van der Waals surface area (Å²) in [7, 11) is 0. The summed E-state index contributed by atoms with van der Waals surface area (Å²) in [5, 5.41) is 9.80. The highest BCUT2D eigenvalue weighted by molar-refractivity contribution is 7.98. The molecule has 2 aliphatic heterocycles. The number of nitrogens with one attached hydrogen (secondary N) is 1. The molecule has 5 nitrogen and oxygen atoms in total. The number of aryl methyl sites for hydroxylation is 1. The molecule has 2 aliphatic rings.